The van der Waals surface area contributed by atoms with Gasteiger partial charge in [-0.1, -0.05) is 23.2 Å². The molecule has 5 heteroatoms. The van der Waals surface area contributed by atoms with Crippen LogP contribution in [0, 0.1) is 0 Å². The number of anilines is 1. The molecule has 1 aromatic rings. The minimum atomic E-state index is 0.175. The summed E-state index contributed by atoms with van der Waals surface area (Å²) >= 11 is 11.6. The third-order valence-electron chi connectivity index (χ3n) is 1.70. The lowest BCUT2D eigenvalue weighted by Crippen LogP contribution is -2.19. The van der Waals surface area contributed by atoms with Crippen LogP contribution in [-0.4, -0.2) is 17.6 Å². The van der Waals surface area contributed by atoms with Crippen LogP contribution in [0.25, 0.3) is 0 Å². The Bertz CT molecular complexity index is 302. The zero-order chi connectivity index (χ0) is 10.6. The highest BCUT2D eigenvalue weighted by Gasteiger charge is 2.02. The van der Waals surface area contributed by atoms with Crippen LogP contribution < -0.4 is 11.1 Å². The quantitative estimate of drug-likeness (QED) is 0.841. The highest BCUT2D eigenvalue weighted by Crippen LogP contribution is 2.22. The SMILES string of the molecule is CC(N)CCNc1ncc(Cl)cc1Cl. The van der Waals surface area contributed by atoms with E-state index in [0.29, 0.717) is 15.9 Å². The summed E-state index contributed by atoms with van der Waals surface area (Å²) in [6.07, 6.45) is 2.43. The molecule has 0 aromatic carbocycles. The molecule has 1 aromatic heterocycles. The van der Waals surface area contributed by atoms with E-state index in [4.69, 9.17) is 28.9 Å². The van der Waals surface area contributed by atoms with Crippen molar-refractivity contribution in [1.82, 2.24) is 4.98 Å². The summed E-state index contributed by atoms with van der Waals surface area (Å²) in [5.41, 5.74) is 5.60. The van der Waals surface area contributed by atoms with E-state index in [1.165, 1.54) is 0 Å². The van der Waals surface area contributed by atoms with Crippen LogP contribution in [0.5, 0.6) is 0 Å². The number of hydrogen-bond donors (Lipinski definition) is 2. The van der Waals surface area contributed by atoms with Gasteiger partial charge < -0.3 is 11.1 Å². The monoisotopic (exact) mass is 233 g/mol. The zero-order valence-corrected chi connectivity index (χ0v) is 9.44. The van der Waals surface area contributed by atoms with Gasteiger partial charge in [0.15, 0.2) is 0 Å². The predicted octanol–water partition coefficient (Wildman–Crippen LogP) is 2.54. The summed E-state index contributed by atoms with van der Waals surface area (Å²) < 4.78 is 0. The van der Waals surface area contributed by atoms with E-state index in [0.717, 1.165) is 13.0 Å². The van der Waals surface area contributed by atoms with Crippen LogP contribution in [0.15, 0.2) is 12.3 Å². The fraction of sp³-hybridized carbons (Fsp3) is 0.444. The molecule has 0 aliphatic carbocycles. The molecule has 0 saturated carbocycles. The molecular formula is C9H13Cl2N3. The molecule has 0 fully saturated rings. The standard InChI is InChI=1S/C9H13Cl2N3/c1-6(12)2-3-13-9-8(11)4-7(10)5-14-9/h4-6H,2-3,12H2,1H3,(H,13,14). The largest absolute Gasteiger partial charge is 0.369 e. The number of nitrogens with one attached hydrogen (secondary N) is 1. The molecule has 0 saturated heterocycles. The van der Waals surface area contributed by atoms with Gasteiger partial charge in [-0.2, -0.15) is 0 Å². The van der Waals surface area contributed by atoms with E-state index in [1.807, 2.05) is 6.92 Å². The number of halogens is 2. The molecule has 0 aliphatic rings. The third kappa shape index (κ3) is 3.70. The van der Waals surface area contributed by atoms with Crippen molar-refractivity contribution in [3.8, 4) is 0 Å². The van der Waals surface area contributed by atoms with Crippen molar-refractivity contribution >= 4 is 29.0 Å². The first-order valence-corrected chi connectivity index (χ1v) is 5.15. The Kier molecular flexibility index (Phi) is 4.45. The van der Waals surface area contributed by atoms with E-state index in [9.17, 15) is 0 Å². The van der Waals surface area contributed by atoms with Crippen molar-refractivity contribution in [3.63, 3.8) is 0 Å². The summed E-state index contributed by atoms with van der Waals surface area (Å²) in [5.74, 6) is 0.650. The fourth-order valence-electron chi connectivity index (χ4n) is 0.963. The molecule has 78 valence electrons. The van der Waals surface area contributed by atoms with Crippen molar-refractivity contribution < 1.29 is 0 Å². The first kappa shape index (κ1) is 11.6. The first-order chi connectivity index (χ1) is 6.59. The number of hydrogen-bond acceptors (Lipinski definition) is 3. The lowest BCUT2D eigenvalue weighted by Gasteiger charge is -2.08. The van der Waals surface area contributed by atoms with E-state index < -0.39 is 0 Å². The molecule has 1 unspecified atom stereocenters. The highest BCUT2D eigenvalue weighted by atomic mass is 35.5. The van der Waals surface area contributed by atoms with Gasteiger partial charge in [-0.25, -0.2) is 4.98 Å². The van der Waals surface area contributed by atoms with Gasteiger partial charge in [0, 0.05) is 18.8 Å². The maximum atomic E-state index is 5.90. The van der Waals surface area contributed by atoms with Gasteiger partial charge in [-0.15, -0.1) is 0 Å². The van der Waals surface area contributed by atoms with Gasteiger partial charge in [-0.3, -0.25) is 0 Å². The molecule has 0 radical (unpaired) electrons. The second-order valence-electron chi connectivity index (χ2n) is 3.18. The molecule has 14 heavy (non-hydrogen) atoms. The third-order valence-corrected chi connectivity index (χ3v) is 2.19. The number of nitrogens with two attached hydrogens (primary N) is 1. The van der Waals surface area contributed by atoms with E-state index >= 15 is 0 Å². The lowest BCUT2D eigenvalue weighted by molar-refractivity contribution is 0.689. The van der Waals surface area contributed by atoms with Crippen molar-refractivity contribution in [3.05, 3.63) is 22.3 Å². The molecule has 1 rings (SSSR count). The molecule has 3 nitrogen and oxygen atoms in total. The number of rotatable bonds is 4. The Labute approximate surface area is 93.6 Å². The van der Waals surface area contributed by atoms with Crippen LogP contribution in [0.4, 0.5) is 5.82 Å². The van der Waals surface area contributed by atoms with Gasteiger partial charge in [0.05, 0.1) is 10.0 Å². The smallest absolute Gasteiger partial charge is 0.144 e. The summed E-state index contributed by atoms with van der Waals surface area (Å²) in [7, 11) is 0. The Morgan fingerprint density at radius 3 is 2.86 bits per heavy atom. The van der Waals surface area contributed by atoms with Crippen molar-refractivity contribution in [2.24, 2.45) is 5.73 Å². The Morgan fingerprint density at radius 1 is 1.57 bits per heavy atom. The molecule has 1 atom stereocenters. The van der Waals surface area contributed by atoms with Crippen molar-refractivity contribution in [2.45, 2.75) is 19.4 Å². The van der Waals surface area contributed by atoms with Crippen LogP contribution in [-0.2, 0) is 0 Å². The lowest BCUT2D eigenvalue weighted by atomic mass is 10.2. The predicted molar refractivity (Wildman–Crippen MR) is 61.0 cm³/mol. The normalized spacial score (nSPS) is 12.6. The van der Waals surface area contributed by atoms with E-state index in [2.05, 4.69) is 10.3 Å². The average molecular weight is 234 g/mol. The summed E-state index contributed by atoms with van der Waals surface area (Å²) in [5, 5.41) is 4.15. The summed E-state index contributed by atoms with van der Waals surface area (Å²) in [6, 6.07) is 1.83. The van der Waals surface area contributed by atoms with Crippen molar-refractivity contribution in [1.29, 1.82) is 0 Å². The molecule has 0 spiro atoms. The van der Waals surface area contributed by atoms with Gasteiger partial charge >= 0.3 is 0 Å². The second-order valence-corrected chi connectivity index (χ2v) is 4.02. The van der Waals surface area contributed by atoms with E-state index in [1.54, 1.807) is 12.3 Å². The van der Waals surface area contributed by atoms with E-state index in [-0.39, 0.29) is 6.04 Å². The molecule has 0 amide bonds. The number of pyridine rings is 1. The Balaban J connectivity index is 2.51. The summed E-state index contributed by atoms with van der Waals surface area (Å²) in [6.45, 7) is 2.71. The molecular weight excluding hydrogens is 221 g/mol. The highest BCUT2D eigenvalue weighted by molar-refractivity contribution is 6.35. The average Bonchev–Trinajstić information content (AvgIpc) is 2.08. The second kappa shape index (κ2) is 5.39. The topological polar surface area (TPSA) is 50.9 Å². The Morgan fingerprint density at radius 2 is 2.29 bits per heavy atom. The number of nitrogens with zero attached hydrogens (tertiary/aromatic N) is 1. The van der Waals surface area contributed by atoms with Crippen LogP contribution in [0.2, 0.25) is 10.0 Å². The van der Waals surface area contributed by atoms with Gasteiger partial charge in [0.2, 0.25) is 0 Å². The van der Waals surface area contributed by atoms with Crippen molar-refractivity contribution in [2.75, 3.05) is 11.9 Å². The molecule has 1 heterocycles. The molecule has 3 N–H and O–H groups in total. The maximum Gasteiger partial charge on any atom is 0.144 e. The summed E-state index contributed by atoms with van der Waals surface area (Å²) in [4.78, 5) is 4.06. The van der Waals surface area contributed by atoms with Crippen LogP contribution >= 0.6 is 23.2 Å². The molecule has 0 aliphatic heterocycles. The number of aromatic nitrogens is 1. The maximum absolute atomic E-state index is 5.90. The van der Waals surface area contributed by atoms with Gasteiger partial charge in [-0.05, 0) is 19.4 Å². The van der Waals surface area contributed by atoms with Gasteiger partial charge in [0.25, 0.3) is 0 Å². The fourth-order valence-corrected chi connectivity index (χ4v) is 1.41. The molecule has 0 bridgehead atoms. The Hall–Kier alpha value is -0.510. The minimum absolute atomic E-state index is 0.175. The van der Waals surface area contributed by atoms with Crippen LogP contribution in [0.1, 0.15) is 13.3 Å². The zero-order valence-electron chi connectivity index (χ0n) is 7.93. The first-order valence-electron chi connectivity index (χ1n) is 4.40. The van der Waals surface area contributed by atoms with Crippen LogP contribution in [0.3, 0.4) is 0 Å². The van der Waals surface area contributed by atoms with Gasteiger partial charge in [0.1, 0.15) is 5.82 Å². The minimum Gasteiger partial charge on any atom is -0.369 e.